The minimum Gasteiger partial charge on any atom is -0.467 e. The number of nitrogens with one attached hydrogen (secondary N) is 1. The lowest BCUT2D eigenvalue weighted by atomic mass is 10.2. The van der Waals surface area contributed by atoms with Gasteiger partial charge in [0, 0.05) is 12.6 Å². The van der Waals surface area contributed by atoms with Gasteiger partial charge in [0.15, 0.2) is 5.82 Å². The molecule has 0 aliphatic carbocycles. The summed E-state index contributed by atoms with van der Waals surface area (Å²) < 4.78 is 45.4. The largest absolute Gasteiger partial charge is 0.573 e. The van der Waals surface area contributed by atoms with Crippen LogP contribution in [0.2, 0.25) is 0 Å². The average molecular weight is 300 g/mol. The second-order valence-electron chi connectivity index (χ2n) is 3.79. The first kappa shape index (κ1) is 14.8. The summed E-state index contributed by atoms with van der Waals surface area (Å²) in [6, 6.07) is 5.38. The summed E-state index contributed by atoms with van der Waals surface area (Å²) in [6.07, 6.45) is -4.76. The van der Waals surface area contributed by atoms with Crippen LogP contribution < -0.4 is 14.8 Å². The van der Waals surface area contributed by atoms with Crippen molar-refractivity contribution >= 4 is 5.95 Å². The Morgan fingerprint density at radius 2 is 1.90 bits per heavy atom. The minimum atomic E-state index is -4.76. The van der Waals surface area contributed by atoms with E-state index in [0.29, 0.717) is 5.56 Å². The van der Waals surface area contributed by atoms with E-state index < -0.39 is 6.36 Å². The summed E-state index contributed by atoms with van der Waals surface area (Å²) in [6.45, 7) is 0. The maximum Gasteiger partial charge on any atom is 0.573 e. The number of benzene rings is 1. The van der Waals surface area contributed by atoms with E-state index in [2.05, 4.69) is 25.0 Å². The van der Waals surface area contributed by atoms with E-state index in [4.69, 9.17) is 4.74 Å². The van der Waals surface area contributed by atoms with E-state index in [0.717, 1.165) is 0 Å². The fourth-order valence-electron chi connectivity index (χ4n) is 1.52. The summed E-state index contributed by atoms with van der Waals surface area (Å²) in [5.74, 6) is 0.0446. The summed E-state index contributed by atoms with van der Waals surface area (Å²) in [4.78, 5) is 12.0. The van der Waals surface area contributed by atoms with Crippen molar-refractivity contribution in [2.45, 2.75) is 6.36 Å². The number of rotatable bonds is 4. The van der Waals surface area contributed by atoms with Crippen molar-refractivity contribution in [3.63, 3.8) is 0 Å². The maximum atomic E-state index is 12.2. The van der Waals surface area contributed by atoms with Crippen LogP contribution in [-0.2, 0) is 0 Å². The summed E-state index contributed by atoms with van der Waals surface area (Å²) in [5, 5.41) is 2.71. The predicted molar refractivity (Wildman–Crippen MR) is 68.0 cm³/mol. The van der Waals surface area contributed by atoms with Gasteiger partial charge in [-0.3, -0.25) is 0 Å². The first-order chi connectivity index (χ1) is 9.91. The highest BCUT2D eigenvalue weighted by atomic mass is 19.4. The quantitative estimate of drug-likeness (QED) is 0.935. The van der Waals surface area contributed by atoms with Crippen LogP contribution in [-0.4, -0.2) is 35.5 Å². The summed E-state index contributed by atoms with van der Waals surface area (Å²) in [7, 11) is 2.98. The minimum absolute atomic E-state index is 0.0477. The molecule has 0 spiro atoms. The molecule has 0 unspecified atom stereocenters. The van der Waals surface area contributed by atoms with Gasteiger partial charge in [0.2, 0.25) is 5.95 Å². The molecule has 0 aliphatic heterocycles. The topological polar surface area (TPSA) is 69.2 Å². The molecule has 0 bridgehead atoms. The zero-order chi connectivity index (χ0) is 15.5. The lowest BCUT2D eigenvalue weighted by molar-refractivity contribution is -0.274. The summed E-state index contributed by atoms with van der Waals surface area (Å²) >= 11 is 0. The summed E-state index contributed by atoms with van der Waals surface area (Å²) in [5.41, 5.74) is 0.342. The normalized spacial score (nSPS) is 11.1. The Labute approximate surface area is 118 Å². The lowest BCUT2D eigenvalue weighted by Gasteiger charge is -2.10. The van der Waals surface area contributed by atoms with Crippen LogP contribution in [0.15, 0.2) is 24.3 Å². The highest BCUT2D eigenvalue weighted by Crippen LogP contribution is 2.27. The molecule has 112 valence electrons. The van der Waals surface area contributed by atoms with E-state index in [1.165, 1.54) is 25.3 Å². The molecule has 6 nitrogen and oxygen atoms in total. The van der Waals surface area contributed by atoms with Gasteiger partial charge < -0.3 is 14.8 Å². The molecule has 1 N–H and O–H groups in total. The molecule has 0 saturated heterocycles. The van der Waals surface area contributed by atoms with Gasteiger partial charge in [-0.05, 0) is 12.1 Å². The number of alkyl halides is 3. The molecule has 9 heteroatoms. The van der Waals surface area contributed by atoms with Crippen LogP contribution in [0, 0.1) is 0 Å². The first-order valence-corrected chi connectivity index (χ1v) is 5.75. The molecule has 0 aliphatic rings. The van der Waals surface area contributed by atoms with E-state index in [-0.39, 0.29) is 23.5 Å². The standard InChI is InChI=1S/C12H11F3N4O2/c1-16-10-17-9(18-11(19-10)20-2)7-4-3-5-8(6-7)21-12(13,14)15/h3-6H,1-2H3,(H,16,17,18,19). The number of aromatic nitrogens is 3. The molecular formula is C12H11F3N4O2. The highest BCUT2D eigenvalue weighted by molar-refractivity contribution is 5.58. The molecular weight excluding hydrogens is 289 g/mol. The van der Waals surface area contributed by atoms with Crippen molar-refractivity contribution in [2.75, 3.05) is 19.5 Å². The zero-order valence-electron chi connectivity index (χ0n) is 11.1. The Kier molecular flexibility index (Phi) is 4.10. The SMILES string of the molecule is CNc1nc(OC)nc(-c2cccc(OC(F)(F)F)c2)n1. The van der Waals surface area contributed by atoms with Gasteiger partial charge in [-0.15, -0.1) is 13.2 Å². The van der Waals surface area contributed by atoms with Crippen molar-refractivity contribution in [1.29, 1.82) is 0 Å². The van der Waals surface area contributed by atoms with Gasteiger partial charge >= 0.3 is 12.4 Å². The number of methoxy groups -OCH3 is 1. The molecule has 1 aromatic heterocycles. The number of halogens is 3. The molecule has 0 atom stereocenters. The van der Waals surface area contributed by atoms with Crippen LogP contribution in [0.3, 0.4) is 0 Å². The van der Waals surface area contributed by atoms with Gasteiger partial charge in [-0.25, -0.2) is 0 Å². The highest BCUT2D eigenvalue weighted by Gasteiger charge is 2.31. The Bertz CT molecular complexity index is 612. The second-order valence-corrected chi connectivity index (χ2v) is 3.79. The van der Waals surface area contributed by atoms with E-state index in [1.54, 1.807) is 13.1 Å². The van der Waals surface area contributed by atoms with E-state index >= 15 is 0 Å². The number of nitrogens with zero attached hydrogens (tertiary/aromatic N) is 3. The third-order valence-corrected chi connectivity index (χ3v) is 2.35. The van der Waals surface area contributed by atoms with Gasteiger partial charge in [0.1, 0.15) is 5.75 Å². The van der Waals surface area contributed by atoms with Gasteiger partial charge in [0.25, 0.3) is 0 Å². The predicted octanol–water partition coefficient (Wildman–Crippen LogP) is 2.49. The molecule has 21 heavy (non-hydrogen) atoms. The lowest BCUT2D eigenvalue weighted by Crippen LogP contribution is -2.17. The van der Waals surface area contributed by atoms with Crippen LogP contribution in [0.1, 0.15) is 0 Å². The van der Waals surface area contributed by atoms with Crippen molar-refractivity contribution in [3.8, 4) is 23.1 Å². The van der Waals surface area contributed by atoms with Crippen LogP contribution in [0.5, 0.6) is 11.8 Å². The van der Waals surface area contributed by atoms with Crippen molar-refractivity contribution in [1.82, 2.24) is 15.0 Å². The number of hydrogen-bond acceptors (Lipinski definition) is 6. The molecule has 0 saturated carbocycles. The van der Waals surface area contributed by atoms with Crippen molar-refractivity contribution in [3.05, 3.63) is 24.3 Å². The van der Waals surface area contributed by atoms with Crippen LogP contribution >= 0.6 is 0 Å². The Balaban J connectivity index is 2.40. The average Bonchev–Trinajstić information content (AvgIpc) is 2.45. The van der Waals surface area contributed by atoms with E-state index in [9.17, 15) is 13.2 Å². The monoisotopic (exact) mass is 300 g/mol. The first-order valence-electron chi connectivity index (χ1n) is 5.75. The van der Waals surface area contributed by atoms with Crippen molar-refractivity contribution < 1.29 is 22.6 Å². The molecule has 2 aromatic rings. The van der Waals surface area contributed by atoms with Crippen LogP contribution in [0.25, 0.3) is 11.4 Å². The fourth-order valence-corrected chi connectivity index (χ4v) is 1.52. The number of hydrogen-bond donors (Lipinski definition) is 1. The number of ether oxygens (including phenoxy) is 2. The molecule has 0 radical (unpaired) electrons. The van der Waals surface area contributed by atoms with Crippen molar-refractivity contribution in [2.24, 2.45) is 0 Å². The van der Waals surface area contributed by atoms with Gasteiger partial charge in [-0.1, -0.05) is 12.1 Å². The Morgan fingerprint density at radius 1 is 1.14 bits per heavy atom. The third-order valence-electron chi connectivity index (χ3n) is 2.35. The van der Waals surface area contributed by atoms with Gasteiger partial charge in [0.05, 0.1) is 7.11 Å². The third kappa shape index (κ3) is 3.94. The zero-order valence-corrected chi connectivity index (χ0v) is 11.1. The van der Waals surface area contributed by atoms with E-state index in [1.807, 2.05) is 0 Å². The molecule has 0 amide bonds. The molecule has 0 fully saturated rings. The second kappa shape index (κ2) is 5.81. The van der Waals surface area contributed by atoms with Crippen LogP contribution in [0.4, 0.5) is 19.1 Å². The smallest absolute Gasteiger partial charge is 0.467 e. The fraction of sp³-hybridized carbons (Fsp3) is 0.250. The Hall–Kier alpha value is -2.58. The van der Waals surface area contributed by atoms with Gasteiger partial charge in [-0.2, -0.15) is 15.0 Å². The molecule has 1 aromatic carbocycles. The molecule has 1 heterocycles. The Morgan fingerprint density at radius 3 is 2.52 bits per heavy atom. The molecule has 2 rings (SSSR count). The maximum absolute atomic E-state index is 12.2. The number of anilines is 1.